The molecule has 4 heteroatoms. The van der Waals surface area contributed by atoms with Gasteiger partial charge >= 0.3 is 0 Å². The van der Waals surface area contributed by atoms with Crippen molar-refractivity contribution in [2.45, 2.75) is 46.0 Å². The maximum Gasteiger partial charge on any atom is 0.254 e. The SMILES string of the molecule is Cc1nc(C(C)(C)c2ccc(F)cc2)[nH]c(=O)c1C(C)C. The van der Waals surface area contributed by atoms with Crippen LogP contribution in [0.25, 0.3) is 0 Å². The van der Waals surface area contributed by atoms with Gasteiger partial charge in [0.1, 0.15) is 11.6 Å². The number of aromatic nitrogens is 2. The molecule has 0 fully saturated rings. The van der Waals surface area contributed by atoms with Crippen LogP contribution in [0.1, 0.15) is 56.3 Å². The molecule has 0 aliphatic carbocycles. The van der Waals surface area contributed by atoms with Crippen LogP contribution in [0.2, 0.25) is 0 Å². The first-order valence-corrected chi connectivity index (χ1v) is 7.11. The second-order valence-corrected chi connectivity index (χ2v) is 6.20. The molecule has 0 unspecified atom stereocenters. The minimum atomic E-state index is -0.493. The lowest BCUT2D eigenvalue weighted by atomic mass is 9.83. The first-order chi connectivity index (χ1) is 9.73. The van der Waals surface area contributed by atoms with E-state index in [1.165, 1.54) is 12.1 Å². The van der Waals surface area contributed by atoms with Crippen molar-refractivity contribution in [3.05, 3.63) is 63.1 Å². The van der Waals surface area contributed by atoms with Crippen LogP contribution in [-0.2, 0) is 5.41 Å². The lowest BCUT2D eigenvalue weighted by molar-refractivity contribution is 0.574. The average molecular weight is 288 g/mol. The number of aryl methyl sites for hydroxylation is 1. The highest BCUT2D eigenvalue weighted by molar-refractivity contribution is 5.32. The van der Waals surface area contributed by atoms with Gasteiger partial charge in [0.25, 0.3) is 5.56 Å². The maximum absolute atomic E-state index is 13.1. The van der Waals surface area contributed by atoms with Crippen LogP contribution in [0.5, 0.6) is 0 Å². The van der Waals surface area contributed by atoms with Crippen molar-refractivity contribution in [2.75, 3.05) is 0 Å². The molecular formula is C17H21FN2O. The van der Waals surface area contributed by atoms with E-state index in [4.69, 9.17) is 0 Å². The standard InChI is InChI=1S/C17H21FN2O/c1-10(2)14-11(3)19-16(20-15(14)21)17(4,5)12-6-8-13(18)9-7-12/h6-10H,1-5H3,(H,19,20,21). The van der Waals surface area contributed by atoms with E-state index >= 15 is 0 Å². The van der Waals surface area contributed by atoms with Crippen LogP contribution in [0, 0.1) is 12.7 Å². The normalized spacial score (nSPS) is 12.0. The van der Waals surface area contributed by atoms with E-state index < -0.39 is 5.41 Å². The molecule has 3 nitrogen and oxygen atoms in total. The zero-order valence-corrected chi connectivity index (χ0v) is 13.1. The highest BCUT2D eigenvalue weighted by Crippen LogP contribution is 2.29. The number of benzene rings is 1. The lowest BCUT2D eigenvalue weighted by Crippen LogP contribution is -2.29. The van der Waals surface area contributed by atoms with Crippen LogP contribution >= 0.6 is 0 Å². The largest absolute Gasteiger partial charge is 0.310 e. The summed E-state index contributed by atoms with van der Waals surface area (Å²) in [5.74, 6) is 0.451. The Balaban J connectivity index is 2.55. The summed E-state index contributed by atoms with van der Waals surface area (Å²) in [6, 6.07) is 6.29. The van der Waals surface area contributed by atoms with E-state index in [-0.39, 0.29) is 17.3 Å². The number of halogens is 1. The van der Waals surface area contributed by atoms with Crippen molar-refractivity contribution in [1.29, 1.82) is 0 Å². The molecule has 112 valence electrons. The van der Waals surface area contributed by atoms with Gasteiger partial charge in [-0.2, -0.15) is 0 Å². The topological polar surface area (TPSA) is 45.8 Å². The Morgan fingerprint density at radius 1 is 1.19 bits per heavy atom. The highest BCUT2D eigenvalue weighted by Gasteiger charge is 2.27. The molecule has 1 aromatic heterocycles. The van der Waals surface area contributed by atoms with E-state index in [9.17, 15) is 9.18 Å². The second-order valence-electron chi connectivity index (χ2n) is 6.20. The molecule has 0 aliphatic rings. The van der Waals surface area contributed by atoms with E-state index in [1.54, 1.807) is 12.1 Å². The van der Waals surface area contributed by atoms with Crippen molar-refractivity contribution >= 4 is 0 Å². The molecular weight excluding hydrogens is 267 g/mol. The summed E-state index contributed by atoms with van der Waals surface area (Å²) in [6.07, 6.45) is 0. The molecule has 1 aromatic carbocycles. The summed E-state index contributed by atoms with van der Waals surface area (Å²) >= 11 is 0. The van der Waals surface area contributed by atoms with E-state index in [2.05, 4.69) is 9.97 Å². The number of aromatic amines is 1. The lowest BCUT2D eigenvalue weighted by Gasteiger charge is -2.25. The van der Waals surface area contributed by atoms with Crippen LogP contribution in [-0.4, -0.2) is 9.97 Å². The zero-order chi connectivity index (χ0) is 15.8. The van der Waals surface area contributed by atoms with Gasteiger partial charge < -0.3 is 4.98 Å². The molecule has 1 N–H and O–H groups in total. The van der Waals surface area contributed by atoms with Crippen LogP contribution in [0.4, 0.5) is 4.39 Å². The van der Waals surface area contributed by atoms with Crippen molar-refractivity contribution < 1.29 is 4.39 Å². The first kappa shape index (κ1) is 15.4. The molecule has 0 spiro atoms. The average Bonchev–Trinajstić information content (AvgIpc) is 2.37. The Morgan fingerprint density at radius 3 is 2.24 bits per heavy atom. The summed E-state index contributed by atoms with van der Waals surface area (Å²) < 4.78 is 13.1. The number of rotatable bonds is 3. The Kier molecular flexibility index (Phi) is 3.99. The molecule has 0 saturated heterocycles. The summed E-state index contributed by atoms with van der Waals surface area (Å²) in [5.41, 5.74) is 1.78. The van der Waals surface area contributed by atoms with Crippen LogP contribution in [0.15, 0.2) is 29.1 Å². The summed E-state index contributed by atoms with van der Waals surface area (Å²) in [5, 5.41) is 0. The zero-order valence-electron chi connectivity index (χ0n) is 13.1. The van der Waals surface area contributed by atoms with Gasteiger partial charge in [-0.1, -0.05) is 26.0 Å². The van der Waals surface area contributed by atoms with Crippen molar-refractivity contribution in [1.82, 2.24) is 9.97 Å². The predicted octanol–water partition coefficient (Wildman–Crippen LogP) is 3.67. The molecule has 0 amide bonds. The van der Waals surface area contributed by atoms with Gasteiger partial charge in [0, 0.05) is 16.7 Å². The molecule has 0 radical (unpaired) electrons. The summed E-state index contributed by atoms with van der Waals surface area (Å²) in [7, 11) is 0. The smallest absolute Gasteiger partial charge is 0.254 e. The van der Waals surface area contributed by atoms with Crippen molar-refractivity contribution in [3.63, 3.8) is 0 Å². The fraction of sp³-hybridized carbons (Fsp3) is 0.412. The number of nitrogens with one attached hydrogen (secondary N) is 1. The molecule has 1 heterocycles. The molecule has 0 saturated carbocycles. The molecule has 2 aromatic rings. The van der Waals surface area contributed by atoms with Gasteiger partial charge in [0.2, 0.25) is 0 Å². The van der Waals surface area contributed by atoms with Crippen LogP contribution < -0.4 is 5.56 Å². The van der Waals surface area contributed by atoms with E-state index in [1.807, 2.05) is 34.6 Å². The predicted molar refractivity (Wildman–Crippen MR) is 82.2 cm³/mol. The minimum Gasteiger partial charge on any atom is -0.310 e. The molecule has 0 bridgehead atoms. The van der Waals surface area contributed by atoms with Gasteiger partial charge in [-0.25, -0.2) is 9.37 Å². The Hall–Kier alpha value is -1.97. The van der Waals surface area contributed by atoms with Gasteiger partial charge in [-0.15, -0.1) is 0 Å². The van der Waals surface area contributed by atoms with Gasteiger partial charge in [-0.05, 0) is 44.4 Å². The molecule has 21 heavy (non-hydrogen) atoms. The summed E-state index contributed by atoms with van der Waals surface area (Å²) in [4.78, 5) is 19.7. The monoisotopic (exact) mass is 288 g/mol. The van der Waals surface area contributed by atoms with Crippen LogP contribution in [0.3, 0.4) is 0 Å². The molecule has 2 rings (SSSR count). The van der Waals surface area contributed by atoms with Crippen molar-refractivity contribution in [2.24, 2.45) is 0 Å². The first-order valence-electron chi connectivity index (χ1n) is 7.11. The Morgan fingerprint density at radius 2 is 1.76 bits per heavy atom. The Labute approximate surface area is 124 Å². The van der Waals surface area contributed by atoms with Crippen molar-refractivity contribution in [3.8, 4) is 0 Å². The number of hydrogen-bond acceptors (Lipinski definition) is 2. The number of hydrogen-bond donors (Lipinski definition) is 1. The number of H-pyrrole nitrogens is 1. The van der Waals surface area contributed by atoms with Gasteiger partial charge in [-0.3, -0.25) is 4.79 Å². The quantitative estimate of drug-likeness (QED) is 0.936. The van der Waals surface area contributed by atoms with E-state index in [0.717, 1.165) is 11.3 Å². The second kappa shape index (κ2) is 5.43. The highest BCUT2D eigenvalue weighted by atomic mass is 19.1. The number of nitrogens with zero attached hydrogens (tertiary/aromatic N) is 1. The summed E-state index contributed by atoms with van der Waals surface area (Å²) in [6.45, 7) is 9.74. The Bertz CT molecular complexity index is 700. The fourth-order valence-corrected chi connectivity index (χ4v) is 2.57. The third-order valence-corrected chi connectivity index (χ3v) is 3.88. The third kappa shape index (κ3) is 2.89. The fourth-order valence-electron chi connectivity index (χ4n) is 2.57. The van der Waals surface area contributed by atoms with E-state index in [0.29, 0.717) is 11.4 Å². The maximum atomic E-state index is 13.1. The van der Waals surface area contributed by atoms with Gasteiger partial charge in [0.15, 0.2) is 0 Å². The van der Waals surface area contributed by atoms with Gasteiger partial charge in [0.05, 0.1) is 0 Å². The minimum absolute atomic E-state index is 0.0947. The molecule has 0 atom stereocenters. The molecule has 0 aliphatic heterocycles. The third-order valence-electron chi connectivity index (χ3n) is 3.88.